The number of carbonyl (C=O) groups excluding carboxylic acids is 3. The van der Waals surface area contributed by atoms with Crippen LogP contribution in [0.5, 0.6) is 0 Å². The molecule has 0 radical (unpaired) electrons. The van der Waals surface area contributed by atoms with E-state index in [0.29, 0.717) is 24.6 Å². The molecule has 0 saturated heterocycles. The summed E-state index contributed by atoms with van der Waals surface area (Å²) >= 11 is 1.27. The number of nitrogens with one attached hydrogen (secondary N) is 2. The number of ether oxygens (including phenoxy) is 1. The Morgan fingerprint density at radius 2 is 1.67 bits per heavy atom. The van der Waals surface area contributed by atoms with Crippen LogP contribution >= 0.6 is 11.8 Å². The summed E-state index contributed by atoms with van der Waals surface area (Å²) in [6.45, 7) is 6.49. The first kappa shape index (κ1) is 26.7. The maximum atomic E-state index is 13.2. The van der Waals surface area contributed by atoms with E-state index < -0.39 is 11.0 Å². The lowest BCUT2D eigenvalue weighted by atomic mass is 10.0. The summed E-state index contributed by atoms with van der Waals surface area (Å²) in [7, 11) is 0. The Morgan fingerprint density at radius 3 is 2.33 bits per heavy atom. The van der Waals surface area contributed by atoms with Gasteiger partial charge >= 0.3 is 6.09 Å². The Bertz CT molecular complexity index is 818. The third-order valence-corrected chi connectivity index (χ3v) is 6.48. The largest absolute Gasteiger partial charge is 0.450 e. The van der Waals surface area contributed by atoms with E-state index in [1.54, 1.807) is 0 Å². The van der Waals surface area contributed by atoms with E-state index in [1.165, 1.54) is 16.8 Å². The van der Waals surface area contributed by atoms with Crippen LogP contribution < -0.4 is 10.6 Å². The number of amidine groups is 1. The molecule has 0 bridgehead atoms. The van der Waals surface area contributed by atoms with Gasteiger partial charge in [-0.15, -0.1) is 5.10 Å². The van der Waals surface area contributed by atoms with Gasteiger partial charge in [0, 0.05) is 12.8 Å². The Labute approximate surface area is 200 Å². The van der Waals surface area contributed by atoms with Crippen LogP contribution in [0.15, 0.2) is 35.4 Å². The van der Waals surface area contributed by atoms with Crippen molar-refractivity contribution in [1.82, 2.24) is 15.6 Å². The molecule has 182 valence electrons. The minimum atomic E-state index is -1.02. The molecule has 2 N–H and O–H groups in total. The second kappa shape index (κ2) is 13.9. The highest BCUT2D eigenvalue weighted by molar-refractivity contribution is 8.14. The number of hydrazone groups is 1. The smallest absolute Gasteiger partial charge is 0.407 e. The minimum Gasteiger partial charge on any atom is -0.450 e. The molecule has 1 aromatic rings. The van der Waals surface area contributed by atoms with Crippen LogP contribution in [-0.4, -0.2) is 41.2 Å². The molecule has 0 aliphatic carbocycles. The summed E-state index contributed by atoms with van der Waals surface area (Å²) in [5, 5.41) is 11.9. The van der Waals surface area contributed by atoms with Gasteiger partial charge in [-0.05, 0) is 36.6 Å². The molecule has 8 nitrogen and oxygen atoms in total. The Morgan fingerprint density at radius 1 is 1.00 bits per heavy atom. The van der Waals surface area contributed by atoms with Gasteiger partial charge in [-0.3, -0.25) is 9.59 Å². The van der Waals surface area contributed by atoms with Crippen LogP contribution in [0.1, 0.15) is 77.7 Å². The standard InChI is InChI=1S/C24H36N4O4S/c1-4-7-15-20(29)26-22-27-28(21(30)16-8-5-2)24(33-22,19-13-11-10-12-14-19)18-25-23(31)32-17-9-6-3/h10-14H,4-9,15-18H2,1-3H3,(H,25,31)(H,26,27,29). The van der Waals surface area contributed by atoms with E-state index in [2.05, 4.69) is 15.7 Å². The lowest BCUT2D eigenvalue weighted by Gasteiger charge is -2.35. The van der Waals surface area contributed by atoms with Crippen LogP contribution in [0.4, 0.5) is 4.79 Å². The molecule has 1 aliphatic rings. The molecule has 2 rings (SSSR count). The number of hydrogen-bond acceptors (Lipinski definition) is 6. The fourth-order valence-corrected chi connectivity index (χ4v) is 4.54. The first-order chi connectivity index (χ1) is 16.0. The van der Waals surface area contributed by atoms with Gasteiger partial charge in [0.05, 0.1) is 13.2 Å². The summed E-state index contributed by atoms with van der Waals surface area (Å²) in [6, 6.07) is 9.44. The van der Waals surface area contributed by atoms with Crippen LogP contribution in [-0.2, 0) is 19.2 Å². The molecule has 0 spiro atoms. The van der Waals surface area contributed by atoms with Crippen molar-refractivity contribution in [2.24, 2.45) is 5.10 Å². The molecule has 9 heteroatoms. The zero-order valence-electron chi connectivity index (χ0n) is 19.9. The molecule has 1 heterocycles. The average molecular weight is 477 g/mol. The molecule has 3 amide bonds. The number of thioether (sulfide) groups is 1. The number of amides is 3. The number of hydrogen-bond donors (Lipinski definition) is 2. The maximum Gasteiger partial charge on any atom is 0.407 e. The summed E-state index contributed by atoms with van der Waals surface area (Å²) < 4.78 is 5.25. The Hall–Kier alpha value is -2.55. The number of rotatable bonds is 12. The summed E-state index contributed by atoms with van der Waals surface area (Å²) in [5.74, 6) is -0.299. The molecule has 1 aliphatic heterocycles. The molecule has 0 fully saturated rings. The predicted molar refractivity (Wildman–Crippen MR) is 131 cm³/mol. The first-order valence-corrected chi connectivity index (χ1v) is 12.6. The van der Waals surface area contributed by atoms with Crippen molar-refractivity contribution in [3.63, 3.8) is 0 Å². The minimum absolute atomic E-state index is 0.0856. The molecular weight excluding hydrogens is 440 g/mol. The van der Waals surface area contributed by atoms with E-state index in [4.69, 9.17) is 4.74 Å². The molecular formula is C24H36N4O4S. The number of nitrogens with zero attached hydrogens (tertiary/aromatic N) is 2. The normalized spacial score (nSPS) is 17.4. The lowest BCUT2D eigenvalue weighted by Crippen LogP contribution is -2.49. The monoisotopic (exact) mass is 476 g/mol. The van der Waals surface area contributed by atoms with E-state index in [1.807, 2.05) is 51.1 Å². The van der Waals surface area contributed by atoms with Crippen molar-refractivity contribution in [3.05, 3.63) is 35.9 Å². The van der Waals surface area contributed by atoms with Gasteiger partial charge < -0.3 is 15.4 Å². The van der Waals surface area contributed by atoms with Crippen LogP contribution in [0.2, 0.25) is 0 Å². The lowest BCUT2D eigenvalue weighted by molar-refractivity contribution is -0.134. The van der Waals surface area contributed by atoms with Crippen LogP contribution in [0.3, 0.4) is 0 Å². The SMILES string of the molecule is CCCCOC(=O)NCC1(c2ccccc2)SC(NC(=O)CCCC)=NN1C(=O)CCCC. The van der Waals surface area contributed by atoms with Gasteiger partial charge in [0.25, 0.3) is 0 Å². The predicted octanol–water partition coefficient (Wildman–Crippen LogP) is 4.71. The van der Waals surface area contributed by atoms with Crippen molar-refractivity contribution < 1.29 is 19.1 Å². The van der Waals surface area contributed by atoms with Gasteiger partial charge in [-0.25, -0.2) is 9.80 Å². The Balaban J connectivity index is 2.31. The molecule has 0 saturated carbocycles. The number of benzene rings is 1. The molecule has 1 atom stereocenters. The van der Waals surface area contributed by atoms with Crippen molar-refractivity contribution in [3.8, 4) is 0 Å². The quantitative estimate of drug-likeness (QED) is 0.426. The third kappa shape index (κ3) is 7.77. The van der Waals surface area contributed by atoms with Crippen molar-refractivity contribution in [2.45, 2.75) is 77.0 Å². The van der Waals surface area contributed by atoms with Gasteiger partial charge in [0.1, 0.15) is 0 Å². The van der Waals surface area contributed by atoms with Crippen LogP contribution in [0, 0.1) is 0 Å². The zero-order chi connectivity index (χ0) is 24.1. The fraction of sp³-hybridized carbons (Fsp3) is 0.583. The fourth-order valence-electron chi connectivity index (χ4n) is 3.30. The van der Waals surface area contributed by atoms with E-state index in [-0.39, 0.29) is 18.4 Å². The molecule has 33 heavy (non-hydrogen) atoms. The van der Waals surface area contributed by atoms with E-state index in [0.717, 1.165) is 44.1 Å². The summed E-state index contributed by atoms with van der Waals surface area (Å²) in [5.41, 5.74) is 0.801. The third-order valence-electron chi connectivity index (χ3n) is 5.21. The van der Waals surface area contributed by atoms with Gasteiger partial charge in [-0.2, -0.15) is 0 Å². The van der Waals surface area contributed by atoms with E-state index in [9.17, 15) is 14.4 Å². The highest BCUT2D eigenvalue weighted by Gasteiger charge is 2.49. The average Bonchev–Trinajstić information content (AvgIpc) is 3.20. The molecule has 0 aromatic heterocycles. The second-order valence-corrected chi connectivity index (χ2v) is 9.23. The molecule has 1 aromatic carbocycles. The number of unbranched alkanes of at least 4 members (excludes halogenated alkanes) is 3. The second-order valence-electron chi connectivity index (χ2n) is 7.96. The number of alkyl carbamates (subject to hydrolysis) is 1. The zero-order valence-corrected chi connectivity index (χ0v) is 20.7. The van der Waals surface area contributed by atoms with Gasteiger partial charge in [0.2, 0.25) is 11.8 Å². The Kier molecular flexibility index (Phi) is 11.2. The number of carbonyl (C=O) groups is 3. The summed E-state index contributed by atoms with van der Waals surface area (Å²) in [6.07, 6.45) is 5.16. The highest BCUT2D eigenvalue weighted by atomic mass is 32.2. The van der Waals surface area contributed by atoms with Crippen molar-refractivity contribution in [1.29, 1.82) is 0 Å². The molecule has 1 unspecified atom stereocenters. The summed E-state index contributed by atoms with van der Waals surface area (Å²) in [4.78, 5) is 36.9. The topological polar surface area (TPSA) is 100 Å². The maximum absolute atomic E-state index is 13.2. The van der Waals surface area contributed by atoms with Gasteiger partial charge in [-0.1, -0.05) is 70.4 Å². The van der Waals surface area contributed by atoms with E-state index >= 15 is 0 Å². The van der Waals surface area contributed by atoms with Crippen molar-refractivity contribution >= 4 is 34.8 Å². The van der Waals surface area contributed by atoms with Crippen LogP contribution in [0.25, 0.3) is 0 Å². The van der Waals surface area contributed by atoms with Crippen molar-refractivity contribution in [2.75, 3.05) is 13.2 Å². The highest BCUT2D eigenvalue weighted by Crippen LogP contribution is 2.45. The first-order valence-electron chi connectivity index (χ1n) is 11.8. The van der Waals surface area contributed by atoms with Gasteiger partial charge in [0.15, 0.2) is 10.0 Å².